The van der Waals surface area contributed by atoms with E-state index in [1.807, 2.05) is 51.1 Å². The van der Waals surface area contributed by atoms with E-state index in [1.54, 1.807) is 0 Å². The van der Waals surface area contributed by atoms with Gasteiger partial charge in [-0.25, -0.2) is 4.79 Å². The SMILES string of the molecule is CCOCn1c(Sc2ccc3ccccc3c2)c(C(C)C)c(=O)[nH]c1=O. The Morgan fingerprint density at radius 3 is 2.54 bits per heavy atom. The van der Waals surface area contributed by atoms with Gasteiger partial charge in [-0.2, -0.15) is 0 Å². The van der Waals surface area contributed by atoms with Crippen molar-refractivity contribution in [2.75, 3.05) is 6.61 Å². The number of hydrogen-bond donors (Lipinski definition) is 1. The zero-order chi connectivity index (χ0) is 18.7. The highest BCUT2D eigenvalue weighted by Gasteiger charge is 2.19. The predicted molar refractivity (Wildman–Crippen MR) is 105 cm³/mol. The molecule has 1 aromatic heterocycles. The topological polar surface area (TPSA) is 64.1 Å². The van der Waals surface area contributed by atoms with E-state index in [-0.39, 0.29) is 18.2 Å². The lowest BCUT2D eigenvalue weighted by Crippen LogP contribution is -2.35. The fourth-order valence-electron chi connectivity index (χ4n) is 2.83. The maximum atomic E-state index is 12.4. The highest BCUT2D eigenvalue weighted by Crippen LogP contribution is 2.33. The average molecular weight is 370 g/mol. The molecule has 3 rings (SSSR count). The van der Waals surface area contributed by atoms with Crippen LogP contribution in [-0.4, -0.2) is 16.2 Å². The predicted octanol–water partition coefficient (Wildman–Crippen LogP) is 3.96. The van der Waals surface area contributed by atoms with Gasteiger partial charge in [-0.3, -0.25) is 14.3 Å². The molecular weight excluding hydrogens is 348 g/mol. The van der Waals surface area contributed by atoms with Crippen LogP contribution < -0.4 is 11.2 Å². The summed E-state index contributed by atoms with van der Waals surface area (Å²) in [6.45, 7) is 6.37. The summed E-state index contributed by atoms with van der Waals surface area (Å²) >= 11 is 1.43. The van der Waals surface area contributed by atoms with E-state index in [1.165, 1.54) is 16.3 Å². The zero-order valence-electron chi connectivity index (χ0n) is 15.1. The monoisotopic (exact) mass is 370 g/mol. The molecule has 0 aliphatic carbocycles. The van der Waals surface area contributed by atoms with Crippen LogP contribution in [0.25, 0.3) is 10.8 Å². The Morgan fingerprint density at radius 1 is 1.12 bits per heavy atom. The third-order valence-corrected chi connectivity index (χ3v) is 5.25. The fourth-order valence-corrected chi connectivity index (χ4v) is 4.06. The minimum atomic E-state index is -0.448. The molecule has 1 heterocycles. The summed E-state index contributed by atoms with van der Waals surface area (Å²) in [5.74, 6) is -0.0183. The van der Waals surface area contributed by atoms with Gasteiger partial charge in [0.15, 0.2) is 0 Å². The van der Waals surface area contributed by atoms with Crippen molar-refractivity contribution >= 4 is 22.5 Å². The number of nitrogens with one attached hydrogen (secondary N) is 1. The average Bonchev–Trinajstić information content (AvgIpc) is 2.60. The number of benzene rings is 2. The summed E-state index contributed by atoms with van der Waals surface area (Å²) in [4.78, 5) is 28.2. The largest absolute Gasteiger partial charge is 0.361 e. The number of nitrogens with zero attached hydrogens (tertiary/aromatic N) is 1. The molecule has 6 heteroatoms. The van der Waals surface area contributed by atoms with E-state index >= 15 is 0 Å². The molecule has 0 spiro atoms. The van der Waals surface area contributed by atoms with Crippen molar-refractivity contribution in [2.45, 2.75) is 43.3 Å². The Balaban J connectivity index is 2.13. The van der Waals surface area contributed by atoms with Crippen LogP contribution in [0.15, 0.2) is 62.0 Å². The summed E-state index contributed by atoms with van der Waals surface area (Å²) in [6, 6.07) is 14.2. The van der Waals surface area contributed by atoms with E-state index in [2.05, 4.69) is 17.1 Å². The van der Waals surface area contributed by atoms with Crippen molar-refractivity contribution in [3.8, 4) is 0 Å². The third kappa shape index (κ3) is 3.76. The lowest BCUT2D eigenvalue weighted by atomic mass is 10.1. The number of aromatic nitrogens is 2. The van der Waals surface area contributed by atoms with Gasteiger partial charge in [0.2, 0.25) is 0 Å². The number of fused-ring (bicyclic) bond motifs is 1. The van der Waals surface area contributed by atoms with Crippen LogP contribution in [-0.2, 0) is 11.5 Å². The maximum absolute atomic E-state index is 12.4. The molecule has 0 aliphatic rings. The summed E-state index contributed by atoms with van der Waals surface area (Å²) in [7, 11) is 0. The molecule has 0 amide bonds. The van der Waals surface area contributed by atoms with Crippen molar-refractivity contribution in [1.29, 1.82) is 0 Å². The van der Waals surface area contributed by atoms with Gasteiger partial charge in [0.05, 0.1) is 10.6 Å². The first kappa shape index (κ1) is 18.5. The first-order chi connectivity index (χ1) is 12.5. The Kier molecular flexibility index (Phi) is 5.64. The second-order valence-corrected chi connectivity index (χ2v) is 7.36. The summed E-state index contributed by atoms with van der Waals surface area (Å²) in [5, 5.41) is 2.91. The van der Waals surface area contributed by atoms with Crippen molar-refractivity contribution in [1.82, 2.24) is 9.55 Å². The van der Waals surface area contributed by atoms with E-state index in [4.69, 9.17) is 4.74 Å². The standard InChI is InChI=1S/C20H22N2O3S/c1-4-25-12-22-19(17(13(2)3)18(23)21-20(22)24)26-16-10-9-14-7-5-6-8-15(14)11-16/h5-11,13H,4,12H2,1-3H3,(H,21,23,24). The summed E-state index contributed by atoms with van der Waals surface area (Å²) in [5.41, 5.74) is -0.181. The van der Waals surface area contributed by atoms with Crippen LogP contribution in [0.1, 0.15) is 32.3 Å². The minimum Gasteiger partial charge on any atom is -0.361 e. The quantitative estimate of drug-likeness (QED) is 0.667. The smallest absolute Gasteiger partial charge is 0.331 e. The fraction of sp³-hybridized carbons (Fsp3) is 0.300. The first-order valence-corrected chi connectivity index (χ1v) is 9.44. The molecule has 0 bridgehead atoms. The van der Waals surface area contributed by atoms with Gasteiger partial charge < -0.3 is 4.74 Å². The van der Waals surface area contributed by atoms with Crippen LogP contribution >= 0.6 is 11.8 Å². The van der Waals surface area contributed by atoms with Crippen molar-refractivity contribution in [2.24, 2.45) is 0 Å². The van der Waals surface area contributed by atoms with Crippen LogP contribution in [0.4, 0.5) is 0 Å². The Labute approximate surface area is 156 Å². The lowest BCUT2D eigenvalue weighted by molar-refractivity contribution is 0.0778. The molecule has 0 fully saturated rings. The highest BCUT2D eigenvalue weighted by molar-refractivity contribution is 7.99. The van der Waals surface area contributed by atoms with Gasteiger partial charge in [-0.1, -0.05) is 55.9 Å². The molecule has 0 atom stereocenters. The van der Waals surface area contributed by atoms with Gasteiger partial charge in [-0.05, 0) is 35.7 Å². The van der Waals surface area contributed by atoms with E-state index in [9.17, 15) is 9.59 Å². The number of rotatable bonds is 6. The molecule has 3 aromatic rings. The van der Waals surface area contributed by atoms with Crippen molar-refractivity contribution in [3.05, 3.63) is 68.9 Å². The first-order valence-electron chi connectivity index (χ1n) is 8.62. The Hall–Kier alpha value is -2.31. The lowest BCUT2D eigenvalue weighted by Gasteiger charge is -2.17. The van der Waals surface area contributed by atoms with Crippen molar-refractivity contribution < 1.29 is 4.74 Å². The van der Waals surface area contributed by atoms with E-state index in [0.717, 1.165) is 15.7 Å². The molecule has 0 unspecified atom stereocenters. The molecule has 2 aromatic carbocycles. The van der Waals surface area contributed by atoms with Gasteiger partial charge in [-0.15, -0.1) is 0 Å². The van der Waals surface area contributed by atoms with Gasteiger partial charge in [0, 0.05) is 11.5 Å². The van der Waals surface area contributed by atoms with E-state index in [0.29, 0.717) is 17.2 Å². The molecule has 26 heavy (non-hydrogen) atoms. The number of H-pyrrole nitrogens is 1. The molecule has 0 saturated carbocycles. The zero-order valence-corrected chi connectivity index (χ0v) is 15.9. The van der Waals surface area contributed by atoms with Crippen LogP contribution in [0, 0.1) is 0 Å². The normalized spacial score (nSPS) is 11.4. The molecule has 1 N–H and O–H groups in total. The third-order valence-electron chi connectivity index (χ3n) is 4.12. The van der Waals surface area contributed by atoms with Crippen LogP contribution in [0.2, 0.25) is 0 Å². The van der Waals surface area contributed by atoms with Crippen LogP contribution in [0.5, 0.6) is 0 Å². The van der Waals surface area contributed by atoms with Gasteiger partial charge >= 0.3 is 5.69 Å². The van der Waals surface area contributed by atoms with Crippen LogP contribution in [0.3, 0.4) is 0 Å². The molecular formula is C20H22N2O3S. The maximum Gasteiger partial charge on any atom is 0.331 e. The van der Waals surface area contributed by atoms with Gasteiger partial charge in [0.25, 0.3) is 5.56 Å². The molecule has 5 nitrogen and oxygen atoms in total. The van der Waals surface area contributed by atoms with Gasteiger partial charge in [0.1, 0.15) is 6.73 Å². The molecule has 0 aliphatic heterocycles. The minimum absolute atomic E-state index is 0.0183. The number of aromatic amines is 1. The molecule has 0 radical (unpaired) electrons. The second kappa shape index (κ2) is 7.93. The number of ether oxygens (including phenoxy) is 1. The molecule has 136 valence electrons. The highest BCUT2D eigenvalue weighted by atomic mass is 32.2. The van der Waals surface area contributed by atoms with Crippen molar-refractivity contribution in [3.63, 3.8) is 0 Å². The Bertz CT molecular complexity index is 1040. The second-order valence-electron chi connectivity index (χ2n) is 6.29. The number of hydrogen-bond acceptors (Lipinski definition) is 4. The van der Waals surface area contributed by atoms with E-state index < -0.39 is 5.69 Å². The molecule has 0 saturated heterocycles. The summed E-state index contributed by atoms with van der Waals surface area (Å²) in [6.07, 6.45) is 0. The summed E-state index contributed by atoms with van der Waals surface area (Å²) < 4.78 is 6.95. The Morgan fingerprint density at radius 2 is 1.85 bits per heavy atom.